The minimum Gasteiger partial charge on any atom is -0.368 e. The normalized spacial score (nSPS) is 17.5. The van der Waals surface area contributed by atoms with Crippen LogP contribution in [0, 0.1) is 0 Å². The molecule has 2 aromatic carbocycles. The number of rotatable bonds is 7. The molecule has 2 aromatic heterocycles. The summed E-state index contributed by atoms with van der Waals surface area (Å²) in [5.41, 5.74) is 5.37. The highest BCUT2D eigenvalue weighted by molar-refractivity contribution is 6.05. The van der Waals surface area contributed by atoms with Gasteiger partial charge in [-0.05, 0) is 61.4 Å². The van der Waals surface area contributed by atoms with Crippen LogP contribution in [0.5, 0.6) is 0 Å². The van der Waals surface area contributed by atoms with Gasteiger partial charge in [0.2, 0.25) is 11.9 Å². The molecule has 0 spiro atoms. The number of amides is 4. The highest BCUT2D eigenvalue weighted by Crippen LogP contribution is 2.35. The number of nitrogens with zero attached hydrogens (tertiary/aromatic N) is 7. The number of hydrogen-bond donors (Lipinski definition) is 2. The van der Waals surface area contributed by atoms with Crippen LogP contribution in [0.25, 0.3) is 11.0 Å². The molecule has 1 aliphatic carbocycles. The average Bonchev–Trinajstić information content (AvgIpc) is 3.73. The Kier molecular flexibility index (Phi) is 7.93. The maximum atomic E-state index is 13.0. The topological polar surface area (TPSA) is 119 Å². The lowest BCUT2D eigenvalue weighted by molar-refractivity contribution is -0.120. The molecule has 46 heavy (non-hydrogen) atoms. The molecule has 238 valence electrons. The molecule has 12 nitrogen and oxygen atoms in total. The molecule has 0 unspecified atom stereocenters. The zero-order chi connectivity index (χ0) is 31.8. The SMILES string of the molecule is CN(C)C(=O)c1cc2cnc(Nc3ccc(N4CCN(c5cccc(N6CCC(=O)NC6=O)c5)CC4)cc3)nc2n1C1CCCC1. The van der Waals surface area contributed by atoms with Gasteiger partial charge in [0, 0.05) is 93.6 Å². The number of anilines is 5. The lowest BCUT2D eigenvalue weighted by Gasteiger charge is -2.38. The molecule has 4 aromatic rings. The summed E-state index contributed by atoms with van der Waals surface area (Å²) in [6.45, 7) is 3.81. The lowest BCUT2D eigenvalue weighted by atomic mass is 10.2. The van der Waals surface area contributed by atoms with Crippen molar-refractivity contribution in [1.82, 2.24) is 24.8 Å². The number of urea groups is 1. The Morgan fingerprint density at radius 1 is 0.891 bits per heavy atom. The second kappa shape index (κ2) is 12.3. The molecule has 0 bridgehead atoms. The molecule has 4 amide bonds. The van der Waals surface area contributed by atoms with Gasteiger partial charge in [-0.15, -0.1) is 0 Å². The van der Waals surface area contributed by atoms with Crippen LogP contribution in [0.1, 0.15) is 48.6 Å². The molecule has 1 saturated carbocycles. The fourth-order valence-electron chi connectivity index (χ4n) is 6.77. The Labute approximate surface area is 268 Å². The van der Waals surface area contributed by atoms with E-state index in [1.807, 2.05) is 36.4 Å². The van der Waals surface area contributed by atoms with Crippen molar-refractivity contribution in [2.75, 3.05) is 66.8 Å². The highest BCUT2D eigenvalue weighted by atomic mass is 16.2. The number of carbonyl (C=O) groups is 3. The monoisotopic (exact) mass is 621 g/mol. The van der Waals surface area contributed by atoms with Crippen molar-refractivity contribution < 1.29 is 14.4 Å². The molecule has 4 heterocycles. The number of piperazine rings is 1. The molecule has 3 aliphatic rings. The van der Waals surface area contributed by atoms with Crippen LogP contribution >= 0.6 is 0 Å². The van der Waals surface area contributed by atoms with Gasteiger partial charge in [0.15, 0.2) is 0 Å². The zero-order valence-electron chi connectivity index (χ0n) is 26.3. The Bertz CT molecular complexity index is 1770. The lowest BCUT2D eigenvalue weighted by Crippen LogP contribution is -2.49. The molecule has 0 radical (unpaired) electrons. The summed E-state index contributed by atoms with van der Waals surface area (Å²) in [5, 5.41) is 6.63. The number of imide groups is 1. The van der Waals surface area contributed by atoms with E-state index in [9.17, 15) is 14.4 Å². The fourth-order valence-corrected chi connectivity index (χ4v) is 6.77. The first-order chi connectivity index (χ1) is 22.3. The number of fused-ring (bicyclic) bond motifs is 1. The van der Waals surface area contributed by atoms with Crippen molar-refractivity contribution in [2.45, 2.75) is 38.1 Å². The van der Waals surface area contributed by atoms with Gasteiger partial charge < -0.3 is 24.6 Å². The third-order valence-corrected chi connectivity index (χ3v) is 9.22. The van der Waals surface area contributed by atoms with Crippen molar-refractivity contribution in [3.05, 3.63) is 66.5 Å². The summed E-state index contributed by atoms with van der Waals surface area (Å²) in [6, 6.07) is 18.1. The van der Waals surface area contributed by atoms with Gasteiger partial charge in [-0.1, -0.05) is 18.9 Å². The van der Waals surface area contributed by atoms with Crippen LogP contribution < -0.4 is 25.3 Å². The summed E-state index contributed by atoms with van der Waals surface area (Å²) in [6.07, 6.45) is 6.52. The van der Waals surface area contributed by atoms with E-state index in [0.29, 0.717) is 24.6 Å². The Morgan fingerprint density at radius 3 is 2.28 bits per heavy atom. The van der Waals surface area contributed by atoms with E-state index in [1.165, 1.54) is 0 Å². The van der Waals surface area contributed by atoms with Gasteiger partial charge in [-0.25, -0.2) is 9.78 Å². The number of nitrogens with one attached hydrogen (secondary N) is 2. The van der Waals surface area contributed by atoms with E-state index >= 15 is 0 Å². The Hall–Kier alpha value is -5.13. The van der Waals surface area contributed by atoms with Crippen LogP contribution in [0.2, 0.25) is 0 Å². The molecule has 7 rings (SSSR count). The first-order valence-electron chi connectivity index (χ1n) is 16.0. The van der Waals surface area contributed by atoms with Crippen molar-refractivity contribution in [3.63, 3.8) is 0 Å². The largest absolute Gasteiger partial charge is 0.368 e. The van der Waals surface area contributed by atoms with Gasteiger partial charge in [0.1, 0.15) is 11.3 Å². The summed E-state index contributed by atoms with van der Waals surface area (Å²) in [4.78, 5) is 54.3. The zero-order valence-corrected chi connectivity index (χ0v) is 26.3. The Morgan fingerprint density at radius 2 is 1.59 bits per heavy atom. The molecule has 2 saturated heterocycles. The van der Waals surface area contributed by atoms with Crippen molar-refractivity contribution in [2.24, 2.45) is 0 Å². The summed E-state index contributed by atoms with van der Waals surface area (Å²) >= 11 is 0. The molecule has 3 fully saturated rings. The molecule has 12 heteroatoms. The number of carbonyl (C=O) groups excluding carboxylic acids is 3. The minimum absolute atomic E-state index is 0.0189. The van der Waals surface area contributed by atoms with Gasteiger partial charge in [-0.3, -0.25) is 19.8 Å². The van der Waals surface area contributed by atoms with E-state index in [2.05, 4.69) is 48.2 Å². The Balaban J connectivity index is 1.01. The third kappa shape index (κ3) is 5.82. The predicted octanol–water partition coefficient (Wildman–Crippen LogP) is 4.76. The number of aromatic nitrogens is 3. The summed E-state index contributed by atoms with van der Waals surface area (Å²) < 4.78 is 2.13. The second-order valence-corrected chi connectivity index (χ2v) is 12.4. The van der Waals surface area contributed by atoms with Crippen LogP contribution in [0.4, 0.5) is 33.5 Å². The fraction of sp³-hybridized carbons (Fsp3) is 0.382. The van der Waals surface area contributed by atoms with Crippen molar-refractivity contribution >= 4 is 57.6 Å². The minimum atomic E-state index is -0.368. The highest BCUT2D eigenvalue weighted by Gasteiger charge is 2.27. The first kappa shape index (κ1) is 29.6. The maximum absolute atomic E-state index is 13.0. The van der Waals surface area contributed by atoms with Crippen LogP contribution in [-0.4, -0.2) is 84.1 Å². The smallest absolute Gasteiger partial charge is 0.328 e. The van der Waals surface area contributed by atoms with Crippen LogP contribution in [-0.2, 0) is 4.79 Å². The predicted molar refractivity (Wildman–Crippen MR) is 179 cm³/mol. The van der Waals surface area contributed by atoms with Crippen LogP contribution in [0.15, 0.2) is 60.8 Å². The molecule has 2 N–H and O–H groups in total. The average molecular weight is 622 g/mol. The molecular weight excluding hydrogens is 582 g/mol. The number of benzene rings is 2. The molecular formula is C34H39N9O3. The van der Waals surface area contributed by atoms with Crippen molar-refractivity contribution in [1.29, 1.82) is 0 Å². The standard InChI is InChI=1S/C34H39N9O3/c1-39(2)32(45)29-20-23-22-35-33(38-31(23)43(29)26-6-3-4-7-26)36-24-10-12-25(13-11-24)40-16-18-41(19-17-40)27-8-5-9-28(21-27)42-15-14-30(44)37-34(42)46/h5,8-13,20-22,26H,3-4,6-7,14-19H2,1-2H3,(H,35,36,38)(H,37,44,46). The van der Waals surface area contributed by atoms with Crippen molar-refractivity contribution in [3.8, 4) is 0 Å². The quantitative estimate of drug-likeness (QED) is 0.303. The third-order valence-electron chi connectivity index (χ3n) is 9.22. The van der Waals surface area contributed by atoms with Crippen LogP contribution in [0.3, 0.4) is 0 Å². The molecule has 2 aliphatic heterocycles. The van der Waals surface area contributed by atoms with E-state index in [4.69, 9.17) is 4.98 Å². The van der Waals surface area contributed by atoms with E-state index in [-0.39, 0.29) is 23.9 Å². The van der Waals surface area contributed by atoms with E-state index in [1.54, 1.807) is 30.1 Å². The van der Waals surface area contributed by atoms with Gasteiger partial charge in [0.05, 0.1) is 0 Å². The molecule has 0 atom stereocenters. The van der Waals surface area contributed by atoms with E-state index in [0.717, 1.165) is 85.6 Å². The second-order valence-electron chi connectivity index (χ2n) is 12.4. The van der Waals surface area contributed by atoms with E-state index < -0.39 is 0 Å². The van der Waals surface area contributed by atoms with Gasteiger partial charge in [-0.2, -0.15) is 4.98 Å². The van der Waals surface area contributed by atoms with Gasteiger partial charge in [0.25, 0.3) is 5.91 Å². The maximum Gasteiger partial charge on any atom is 0.328 e. The first-order valence-corrected chi connectivity index (χ1v) is 16.0. The number of hydrogen-bond acceptors (Lipinski definition) is 8. The van der Waals surface area contributed by atoms with Gasteiger partial charge >= 0.3 is 6.03 Å². The summed E-state index contributed by atoms with van der Waals surface area (Å²) in [5.74, 6) is 0.255. The summed E-state index contributed by atoms with van der Waals surface area (Å²) in [7, 11) is 3.56.